The SMILES string of the molecule is Cc1cnccc1CNCc1c(O)cccc1Cl. The lowest BCUT2D eigenvalue weighted by molar-refractivity contribution is 0.464. The van der Waals surface area contributed by atoms with Crippen LogP contribution in [0.15, 0.2) is 36.7 Å². The first-order chi connectivity index (χ1) is 8.68. The molecule has 0 aliphatic carbocycles. The number of nitrogens with zero attached hydrogens (tertiary/aromatic N) is 1. The molecule has 0 saturated carbocycles. The van der Waals surface area contributed by atoms with Crippen LogP contribution >= 0.6 is 11.6 Å². The Labute approximate surface area is 111 Å². The van der Waals surface area contributed by atoms with E-state index in [1.807, 2.05) is 19.2 Å². The quantitative estimate of drug-likeness (QED) is 0.890. The molecule has 3 nitrogen and oxygen atoms in total. The summed E-state index contributed by atoms with van der Waals surface area (Å²) in [5, 5.41) is 13.6. The first-order valence-electron chi connectivity index (χ1n) is 5.75. The second-order valence-electron chi connectivity index (χ2n) is 4.14. The van der Waals surface area contributed by atoms with Crippen molar-refractivity contribution >= 4 is 11.6 Å². The highest BCUT2D eigenvalue weighted by atomic mass is 35.5. The van der Waals surface area contributed by atoms with Gasteiger partial charge in [0.1, 0.15) is 5.75 Å². The van der Waals surface area contributed by atoms with Crippen molar-refractivity contribution in [2.45, 2.75) is 20.0 Å². The summed E-state index contributed by atoms with van der Waals surface area (Å²) < 4.78 is 0. The molecule has 0 spiro atoms. The van der Waals surface area contributed by atoms with Crippen LogP contribution in [0, 0.1) is 6.92 Å². The average molecular weight is 263 g/mol. The number of aromatic hydroxyl groups is 1. The van der Waals surface area contributed by atoms with Gasteiger partial charge in [0.2, 0.25) is 0 Å². The third-order valence-corrected chi connectivity index (χ3v) is 3.20. The van der Waals surface area contributed by atoms with Gasteiger partial charge in [-0.15, -0.1) is 0 Å². The van der Waals surface area contributed by atoms with E-state index in [2.05, 4.69) is 10.3 Å². The summed E-state index contributed by atoms with van der Waals surface area (Å²) in [6.07, 6.45) is 3.61. The highest BCUT2D eigenvalue weighted by Crippen LogP contribution is 2.24. The Kier molecular flexibility index (Phi) is 4.18. The van der Waals surface area contributed by atoms with Gasteiger partial charge in [0, 0.05) is 36.1 Å². The zero-order chi connectivity index (χ0) is 13.0. The molecule has 0 atom stereocenters. The van der Waals surface area contributed by atoms with Crippen molar-refractivity contribution in [2.75, 3.05) is 0 Å². The number of nitrogens with one attached hydrogen (secondary N) is 1. The molecule has 1 aromatic heterocycles. The number of phenols is 1. The molecule has 2 aromatic rings. The van der Waals surface area contributed by atoms with Crippen molar-refractivity contribution in [3.05, 3.63) is 58.4 Å². The van der Waals surface area contributed by atoms with Gasteiger partial charge in [0.25, 0.3) is 0 Å². The predicted molar refractivity (Wildman–Crippen MR) is 72.6 cm³/mol. The third kappa shape index (κ3) is 3.00. The van der Waals surface area contributed by atoms with Crippen LogP contribution in [0.4, 0.5) is 0 Å². The van der Waals surface area contributed by atoms with Crippen LogP contribution in [0.3, 0.4) is 0 Å². The molecule has 0 amide bonds. The first-order valence-corrected chi connectivity index (χ1v) is 6.13. The molecule has 0 fully saturated rings. The largest absolute Gasteiger partial charge is 0.508 e. The number of aromatic nitrogens is 1. The Morgan fingerprint density at radius 3 is 2.83 bits per heavy atom. The van der Waals surface area contributed by atoms with Crippen LogP contribution in [0.1, 0.15) is 16.7 Å². The molecule has 2 rings (SSSR count). The van der Waals surface area contributed by atoms with Crippen molar-refractivity contribution in [3.8, 4) is 5.75 Å². The molecule has 0 unspecified atom stereocenters. The van der Waals surface area contributed by atoms with E-state index < -0.39 is 0 Å². The van der Waals surface area contributed by atoms with Gasteiger partial charge in [-0.2, -0.15) is 0 Å². The van der Waals surface area contributed by atoms with Crippen LogP contribution in [0.5, 0.6) is 5.75 Å². The molecular weight excluding hydrogens is 248 g/mol. The van der Waals surface area contributed by atoms with Crippen molar-refractivity contribution < 1.29 is 5.11 Å². The molecule has 0 bridgehead atoms. The fourth-order valence-corrected chi connectivity index (χ4v) is 1.98. The molecule has 0 radical (unpaired) electrons. The van der Waals surface area contributed by atoms with Gasteiger partial charge in [0.15, 0.2) is 0 Å². The minimum atomic E-state index is 0.224. The molecule has 18 heavy (non-hydrogen) atoms. The summed E-state index contributed by atoms with van der Waals surface area (Å²) in [6, 6.07) is 7.12. The molecule has 4 heteroatoms. The zero-order valence-electron chi connectivity index (χ0n) is 10.2. The highest BCUT2D eigenvalue weighted by Gasteiger charge is 2.05. The fourth-order valence-electron chi connectivity index (χ4n) is 1.74. The van der Waals surface area contributed by atoms with Crippen molar-refractivity contribution in [3.63, 3.8) is 0 Å². The number of hydrogen-bond acceptors (Lipinski definition) is 3. The molecule has 1 aromatic carbocycles. The Morgan fingerprint density at radius 2 is 2.11 bits per heavy atom. The van der Waals surface area contributed by atoms with Crippen molar-refractivity contribution in [1.82, 2.24) is 10.3 Å². The predicted octanol–water partition coefficient (Wildman–Crippen LogP) is 3.04. The number of benzene rings is 1. The Balaban J connectivity index is 1.99. The monoisotopic (exact) mass is 262 g/mol. The van der Waals surface area contributed by atoms with E-state index in [-0.39, 0.29) is 5.75 Å². The summed E-state index contributed by atoms with van der Waals surface area (Å²) in [6.45, 7) is 3.28. The molecular formula is C14H15ClN2O. The summed E-state index contributed by atoms with van der Waals surface area (Å²) in [7, 11) is 0. The van der Waals surface area contributed by atoms with E-state index in [0.29, 0.717) is 11.6 Å². The van der Waals surface area contributed by atoms with Gasteiger partial charge >= 0.3 is 0 Å². The lowest BCUT2D eigenvalue weighted by atomic mass is 10.1. The van der Waals surface area contributed by atoms with E-state index in [4.69, 9.17) is 11.6 Å². The highest BCUT2D eigenvalue weighted by molar-refractivity contribution is 6.31. The maximum Gasteiger partial charge on any atom is 0.121 e. The Morgan fingerprint density at radius 1 is 1.28 bits per heavy atom. The number of pyridine rings is 1. The number of phenolic OH excluding ortho intramolecular Hbond substituents is 1. The molecule has 0 saturated heterocycles. The van der Waals surface area contributed by atoms with Gasteiger partial charge < -0.3 is 10.4 Å². The average Bonchev–Trinajstić information content (AvgIpc) is 2.35. The van der Waals surface area contributed by atoms with E-state index in [9.17, 15) is 5.11 Å². The molecule has 0 aliphatic heterocycles. The number of aryl methyl sites for hydroxylation is 1. The fraction of sp³-hybridized carbons (Fsp3) is 0.214. The van der Waals surface area contributed by atoms with Crippen LogP contribution in [0.2, 0.25) is 5.02 Å². The van der Waals surface area contributed by atoms with Crippen LogP contribution in [0.25, 0.3) is 0 Å². The van der Waals surface area contributed by atoms with Gasteiger partial charge in [-0.1, -0.05) is 17.7 Å². The third-order valence-electron chi connectivity index (χ3n) is 2.85. The lowest BCUT2D eigenvalue weighted by Gasteiger charge is -2.10. The molecule has 0 aliphatic rings. The maximum absolute atomic E-state index is 9.71. The molecule has 2 N–H and O–H groups in total. The second kappa shape index (κ2) is 5.85. The van der Waals surface area contributed by atoms with E-state index in [1.54, 1.807) is 24.4 Å². The molecule has 1 heterocycles. The Hall–Kier alpha value is -1.58. The zero-order valence-corrected chi connectivity index (χ0v) is 10.9. The van der Waals surface area contributed by atoms with Gasteiger partial charge in [-0.05, 0) is 36.2 Å². The normalized spacial score (nSPS) is 10.6. The number of halogens is 1. The second-order valence-corrected chi connectivity index (χ2v) is 4.55. The van der Waals surface area contributed by atoms with E-state index in [0.717, 1.165) is 17.7 Å². The van der Waals surface area contributed by atoms with Gasteiger partial charge in [-0.25, -0.2) is 0 Å². The minimum Gasteiger partial charge on any atom is -0.508 e. The number of rotatable bonds is 4. The first kappa shape index (κ1) is 12.9. The Bertz CT molecular complexity index is 523. The van der Waals surface area contributed by atoms with Crippen LogP contribution in [-0.2, 0) is 13.1 Å². The molecule has 94 valence electrons. The van der Waals surface area contributed by atoms with Crippen LogP contribution in [-0.4, -0.2) is 10.1 Å². The lowest BCUT2D eigenvalue weighted by Crippen LogP contribution is -2.14. The summed E-state index contributed by atoms with van der Waals surface area (Å²) in [5.41, 5.74) is 3.07. The standard InChI is InChI=1S/C14H15ClN2O/c1-10-7-16-6-5-11(10)8-17-9-12-13(15)3-2-4-14(12)18/h2-7,17-18H,8-9H2,1H3. The summed E-state index contributed by atoms with van der Waals surface area (Å²) >= 11 is 6.03. The topological polar surface area (TPSA) is 45.2 Å². The smallest absolute Gasteiger partial charge is 0.121 e. The van der Waals surface area contributed by atoms with Gasteiger partial charge in [0.05, 0.1) is 0 Å². The summed E-state index contributed by atoms with van der Waals surface area (Å²) in [5.74, 6) is 0.224. The summed E-state index contributed by atoms with van der Waals surface area (Å²) in [4.78, 5) is 4.05. The van der Waals surface area contributed by atoms with Crippen molar-refractivity contribution in [2.24, 2.45) is 0 Å². The van der Waals surface area contributed by atoms with Gasteiger partial charge in [-0.3, -0.25) is 4.98 Å². The van der Waals surface area contributed by atoms with E-state index in [1.165, 1.54) is 5.56 Å². The van der Waals surface area contributed by atoms with E-state index >= 15 is 0 Å². The van der Waals surface area contributed by atoms with Crippen LogP contribution < -0.4 is 5.32 Å². The maximum atomic E-state index is 9.71. The number of hydrogen-bond donors (Lipinski definition) is 2. The minimum absolute atomic E-state index is 0.224. The van der Waals surface area contributed by atoms with Crippen molar-refractivity contribution in [1.29, 1.82) is 0 Å².